The first kappa shape index (κ1) is 15.2. The fraction of sp³-hybridized carbons (Fsp3) is 1.00. The van der Waals surface area contributed by atoms with Crippen LogP contribution in [-0.2, 0) is 10.2 Å². The van der Waals surface area contributed by atoms with Crippen LogP contribution in [0.25, 0.3) is 0 Å². The smallest absolute Gasteiger partial charge is 0.279 e. The van der Waals surface area contributed by atoms with E-state index in [0.717, 1.165) is 45.2 Å². The summed E-state index contributed by atoms with van der Waals surface area (Å²) in [6.07, 6.45) is 5.29. The molecule has 0 bridgehead atoms. The average molecular weight is 289 g/mol. The molecule has 2 N–H and O–H groups in total. The molecule has 2 saturated heterocycles. The van der Waals surface area contributed by atoms with Gasteiger partial charge in [-0.3, -0.25) is 0 Å². The van der Waals surface area contributed by atoms with E-state index in [2.05, 4.69) is 17.0 Å². The van der Waals surface area contributed by atoms with E-state index >= 15 is 0 Å². The summed E-state index contributed by atoms with van der Waals surface area (Å²) in [4.78, 5) is 0. The zero-order valence-corrected chi connectivity index (χ0v) is 12.9. The van der Waals surface area contributed by atoms with Crippen molar-refractivity contribution in [1.82, 2.24) is 14.3 Å². The van der Waals surface area contributed by atoms with E-state index in [4.69, 9.17) is 0 Å². The van der Waals surface area contributed by atoms with E-state index < -0.39 is 10.2 Å². The third kappa shape index (κ3) is 3.90. The van der Waals surface area contributed by atoms with Gasteiger partial charge in [-0.05, 0) is 44.6 Å². The first-order valence-corrected chi connectivity index (χ1v) is 8.84. The summed E-state index contributed by atoms with van der Waals surface area (Å²) in [7, 11) is -3.31. The number of hydrogen-bond acceptors (Lipinski definition) is 3. The summed E-state index contributed by atoms with van der Waals surface area (Å²) < 4.78 is 29.2. The highest BCUT2D eigenvalue weighted by Gasteiger charge is 2.33. The highest BCUT2D eigenvalue weighted by Crippen LogP contribution is 2.25. The number of nitrogens with zero attached hydrogens (tertiary/aromatic N) is 1. The van der Waals surface area contributed by atoms with Crippen molar-refractivity contribution in [2.75, 3.05) is 26.2 Å². The molecule has 0 radical (unpaired) electrons. The molecule has 0 aromatic heterocycles. The molecule has 2 fully saturated rings. The van der Waals surface area contributed by atoms with Crippen LogP contribution in [0.5, 0.6) is 0 Å². The molecular formula is C13H27N3O2S. The maximum atomic E-state index is 12.4. The first-order chi connectivity index (χ1) is 8.93. The second-order valence-corrected chi connectivity index (χ2v) is 8.08. The molecule has 2 rings (SSSR count). The quantitative estimate of drug-likeness (QED) is 0.814. The highest BCUT2D eigenvalue weighted by molar-refractivity contribution is 7.87. The Morgan fingerprint density at radius 1 is 1.37 bits per heavy atom. The van der Waals surface area contributed by atoms with Gasteiger partial charge >= 0.3 is 0 Å². The van der Waals surface area contributed by atoms with Crippen LogP contribution in [0.4, 0.5) is 0 Å². The number of nitrogens with one attached hydrogen (secondary N) is 2. The lowest BCUT2D eigenvalue weighted by molar-refractivity contribution is 0.229. The Morgan fingerprint density at radius 3 is 2.79 bits per heavy atom. The van der Waals surface area contributed by atoms with Crippen molar-refractivity contribution in [3.63, 3.8) is 0 Å². The second-order valence-electron chi connectivity index (χ2n) is 6.37. The molecule has 19 heavy (non-hydrogen) atoms. The van der Waals surface area contributed by atoms with Crippen molar-refractivity contribution in [2.24, 2.45) is 5.41 Å². The molecule has 0 aromatic carbocycles. The monoisotopic (exact) mass is 289 g/mol. The minimum absolute atomic E-state index is 0.0460. The molecule has 0 amide bonds. The van der Waals surface area contributed by atoms with Gasteiger partial charge in [0.25, 0.3) is 10.2 Å². The molecule has 2 unspecified atom stereocenters. The van der Waals surface area contributed by atoms with Crippen LogP contribution in [0.1, 0.15) is 46.0 Å². The highest BCUT2D eigenvalue weighted by atomic mass is 32.2. The topological polar surface area (TPSA) is 61.4 Å². The Hall–Kier alpha value is -0.170. The van der Waals surface area contributed by atoms with Gasteiger partial charge in [0, 0.05) is 25.7 Å². The van der Waals surface area contributed by atoms with Crippen molar-refractivity contribution in [3.05, 3.63) is 0 Å². The first-order valence-electron chi connectivity index (χ1n) is 7.40. The summed E-state index contributed by atoms with van der Waals surface area (Å²) in [6.45, 7) is 7.29. The van der Waals surface area contributed by atoms with Crippen molar-refractivity contribution in [1.29, 1.82) is 0 Å². The van der Waals surface area contributed by atoms with Gasteiger partial charge in [0.2, 0.25) is 0 Å². The summed E-state index contributed by atoms with van der Waals surface area (Å²) in [5, 5.41) is 3.35. The molecule has 0 aromatic rings. The van der Waals surface area contributed by atoms with E-state index in [0.29, 0.717) is 13.1 Å². The summed E-state index contributed by atoms with van der Waals surface area (Å²) in [5.41, 5.74) is 0.0460. The molecular weight excluding hydrogens is 262 g/mol. The third-order valence-corrected chi connectivity index (χ3v) is 6.09. The maximum absolute atomic E-state index is 12.4. The van der Waals surface area contributed by atoms with E-state index in [-0.39, 0.29) is 11.5 Å². The lowest BCUT2D eigenvalue weighted by Crippen LogP contribution is -2.52. The third-order valence-electron chi connectivity index (χ3n) is 4.42. The molecule has 2 aliphatic rings. The predicted molar refractivity (Wildman–Crippen MR) is 77.2 cm³/mol. The van der Waals surface area contributed by atoms with E-state index in [1.54, 1.807) is 4.31 Å². The van der Waals surface area contributed by atoms with Crippen LogP contribution in [0.2, 0.25) is 0 Å². The number of piperidine rings is 2. The molecule has 5 nitrogen and oxygen atoms in total. The van der Waals surface area contributed by atoms with Crippen LogP contribution >= 0.6 is 0 Å². The van der Waals surface area contributed by atoms with Gasteiger partial charge in [-0.1, -0.05) is 13.3 Å². The minimum atomic E-state index is -3.31. The van der Waals surface area contributed by atoms with Crippen LogP contribution in [0, 0.1) is 5.41 Å². The molecule has 112 valence electrons. The number of rotatable bonds is 4. The maximum Gasteiger partial charge on any atom is 0.279 e. The summed E-state index contributed by atoms with van der Waals surface area (Å²) >= 11 is 0. The van der Waals surface area contributed by atoms with Gasteiger partial charge in [-0.25, -0.2) is 4.72 Å². The van der Waals surface area contributed by atoms with Crippen LogP contribution in [0.15, 0.2) is 0 Å². The lowest BCUT2D eigenvalue weighted by atomic mass is 9.83. The van der Waals surface area contributed by atoms with Gasteiger partial charge in [0.1, 0.15) is 0 Å². The Labute approximate surface area is 117 Å². The van der Waals surface area contributed by atoms with Gasteiger partial charge in [-0.15, -0.1) is 0 Å². The summed E-state index contributed by atoms with van der Waals surface area (Å²) in [6, 6.07) is 0.128. The van der Waals surface area contributed by atoms with Gasteiger partial charge < -0.3 is 5.32 Å². The normalized spacial score (nSPS) is 34.3. The molecule has 0 saturated carbocycles. The molecule has 0 spiro atoms. The Bertz CT molecular complexity index is 391. The van der Waals surface area contributed by atoms with E-state index in [1.807, 2.05) is 6.92 Å². The fourth-order valence-corrected chi connectivity index (χ4v) is 4.69. The van der Waals surface area contributed by atoms with Crippen molar-refractivity contribution in [2.45, 2.75) is 52.0 Å². The van der Waals surface area contributed by atoms with E-state index in [1.165, 1.54) is 0 Å². The van der Waals surface area contributed by atoms with Gasteiger partial charge in [-0.2, -0.15) is 12.7 Å². The Morgan fingerprint density at radius 2 is 2.16 bits per heavy atom. The molecule has 0 aliphatic carbocycles. The van der Waals surface area contributed by atoms with Crippen LogP contribution in [-0.4, -0.2) is 44.9 Å². The van der Waals surface area contributed by atoms with Crippen molar-refractivity contribution < 1.29 is 8.42 Å². The van der Waals surface area contributed by atoms with Crippen LogP contribution in [0.3, 0.4) is 0 Å². The van der Waals surface area contributed by atoms with E-state index in [9.17, 15) is 8.42 Å². The van der Waals surface area contributed by atoms with Crippen LogP contribution < -0.4 is 10.0 Å². The zero-order valence-electron chi connectivity index (χ0n) is 12.1. The van der Waals surface area contributed by atoms with Crippen molar-refractivity contribution >= 4 is 10.2 Å². The minimum Gasteiger partial charge on any atom is -0.316 e. The summed E-state index contributed by atoms with van der Waals surface area (Å²) in [5.74, 6) is 0. The Balaban J connectivity index is 1.93. The van der Waals surface area contributed by atoms with Crippen molar-refractivity contribution in [3.8, 4) is 0 Å². The molecule has 2 atom stereocenters. The lowest BCUT2D eigenvalue weighted by Gasteiger charge is -2.36. The van der Waals surface area contributed by atoms with Gasteiger partial charge in [0.05, 0.1) is 0 Å². The largest absolute Gasteiger partial charge is 0.316 e. The predicted octanol–water partition coefficient (Wildman–Crippen LogP) is 1.08. The molecule has 6 heteroatoms. The Kier molecular flexibility index (Phi) is 4.87. The zero-order chi connectivity index (χ0) is 13.9. The van der Waals surface area contributed by atoms with Gasteiger partial charge in [0.15, 0.2) is 0 Å². The second kappa shape index (κ2) is 6.08. The SMILES string of the molecule is CC1CCCCN1S(=O)(=O)NCC1(C)CCCNC1. The fourth-order valence-electron chi connectivity index (χ4n) is 3.05. The average Bonchev–Trinajstić information content (AvgIpc) is 2.38. The standard InChI is InChI=1S/C13H27N3O2S/c1-12-6-3-4-9-16(12)19(17,18)15-11-13(2)7-5-8-14-10-13/h12,14-15H,3-11H2,1-2H3. The number of hydrogen-bond donors (Lipinski definition) is 2. The molecule has 2 heterocycles. The molecule has 2 aliphatic heterocycles.